The van der Waals surface area contributed by atoms with Crippen molar-refractivity contribution >= 4 is 27.3 Å². The first-order chi connectivity index (χ1) is 11.3. The number of amides is 1. The molecule has 0 aliphatic rings. The average Bonchev–Trinajstić information content (AvgIpc) is 2.54. The summed E-state index contributed by atoms with van der Waals surface area (Å²) in [5.74, 6) is 0.452. The van der Waals surface area contributed by atoms with E-state index in [9.17, 15) is 13.2 Å². The second kappa shape index (κ2) is 6.92. The van der Waals surface area contributed by atoms with Crippen molar-refractivity contribution < 1.29 is 17.9 Å². The van der Waals surface area contributed by atoms with E-state index in [0.717, 1.165) is 5.56 Å². The van der Waals surface area contributed by atoms with Crippen LogP contribution in [0.4, 0.5) is 11.4 Å². The molecule has 24 heavy (non-hydrogen) atoms. The molecule has 0 bridgehead atoms. The van der Waals surface area contributed by atoms with Crippen LogP contribution in [0.5, 0.6) is 5.75 Å². The van der Waals surface area contributed by atoms with Gasteiger partial charge in [0.1, 0.15) is 5.75 Å². The molecule has 0 fully saturated rings. The molecule has 0 aliphatic heterocycles. The Morgan fingerprint density at radius 2 is 1.75 bits per heavy atom. The highest BCUT2D eigenvalue weighted by molar-refractivity contribution is 7.92. The van der Waals surface area contributed by atoms with E-state index in [1.807, 2.05) is 0 Å². The van der Waals surface area contributed by atoms with Gasteiger partial charge in [0.25, 0.3) is 10.0 Å². The fourth-order valence-corrected chi connectivity index (χ4v) is 3.55. The van der Waals surface area contributed by atoms with Crippen LogP contribution in [0.25, 0.3) is 0 Å². The number of rotatable bonds is 5. The zero-order valence-corrected chi connectivity index (χ0v) is 14.8. The SMILES string of the molecule is COc1ccc(S(=O)(=O)N(C)c2ccc(NC(C)=O)cc2)cc1C. The lowest BCUT2D eigenvalue weighted by molar-refractivity contribution is -0.114. The van der Waals surface area contributed by atoms with E-state index in [0.29, 0.717) is 17.1 Å². The predicted molar refractivity (Wildman–Crippen MR) is 94.1 cm³/mol. The summed E-state index contributed by atoms with van der Waals surface area (Å²) in [4.78, 5) is 11.2. The standard InChI is InChI=1S/C17H20N2O4S/c1-12-11-16(9-10-17(12)23-4)24(21,22)19(3)15-7-5-14(6-8-15)18-13(2)20/h5-11H,1-4H3,(H,18,20). The molecule has 6 nitrogen and oxygen atoms in total. The minimum atomic E-state index is -3.68. The summed E-state index contributed by atoms with van der Waals surface area (Å²) in [6.45, 7) is 3.20. The van der Waals surface area contributed by atoms with E-state index in [1.54, 1.807) is 50.4 Å². The molecule has 2 rings (SSSR count). The molecule has 0 saturated carbocycles. The van der Waals surface area contributed by atoms with Crippen molar-refractivity contribution in [1.29, 1.82) is 0 Å². The number of sulfonamides is 1. The highest BCUT2D eigenvalue weighted by atomic mass is 32.2. The van der Waals surface area contributed by atoms with Crippen molar-refractivity contribution in [3.05, 3.63) is 48.0 Å². The van der Waals surface area contributed by atoms with Crippen LogP contribution < -0.4 is 14.4 Å². The van der Waals surface area contributed by atoms with Crippen LogP contribution in [-0.2, 0) is 14.8 Å². The summed E-state index contributed by atoms with van der Waals surface area (Å²) in [7, 11) is -0.656. The largest absolute Gasteiger partial charge is 0.496 e. The number of hydrogen-bond donors (Lipinski definition) is 1. The Morgan fingerprint density at radius 3 is 2.25 bits per heavy atom. The Hall–Kier alpha value is -2.54. The van der Waals surface area contributed by atoms with E-state index in [2.05, 4.69) is 5.32 Å². The third-order valence-electron chi connectivity index (χ3n) is 3.58. The molecule has 1 N–H and O–H groups in total. The topological polar surface area (TPSA) is 75.7 Å². The average molecular weight is 348 g/mol. The third kappa shape index (κ3) is 3.68. The molecule has 0 unspecified atom stereocenters. The number of benzene rings is 2. The number of ether oxygens (including phenoxy) is 1. The Labute approximate surface area is 142 Å². The highest BCUT2D eigenvalue weighted by Gasteiger charge is 2.22. The van der Waals surface area contributed by atoms with E-state index >= 15 is 0 Å². The van der Waals surface area contributed by atoms with Gasteiger partial charge < -0.3 is 10.1 Å². The van der Waals surface area contributed by atoms with Crippen molar-refractivity contribution in [1.82, 2.24) is 0 Å². The monoisotopic (exact) mass is 348 g/mol. The second-order valence-electron chi connectivity index (χ2n) is 5.33. The lowest BCUT2D eigenvalue weighted by atomic mass is 10.2. The van der Waals surface area contributed by atoms with Gasteiger partial charge in [0.05, 0.1) is 17.7 Å². The number of hydrogen-bond acceptors (Lipinski definition) is 4. The first kappa shape index (κ1) is 17.8. The van der Waals surface area contributed by atoms with Crippen LogP contribution in [0, 0.1) is 6.92 Å². The smallest absolute Gasteiger partial charge is 0.264 e. The van der Waals surface area contributed by atoms with Gasteiger partial charge in [-0.05, 0) is 55.0 Å². The van der Waals surface area contributed by atoms with Crippen molar-refractivity contribution in [2.75, 3.05) is 23.8 Å². The van der Waals surface area contributed by atoms with Crippen LogP contribution in [0.2, 0.25) is 0 Å². The number of nitrogens with zero attached hydrogens (tertiary/aromatic N) is 1. The van der Waals surface area contributed by atoms with E-state index in [4.69, 9.17) is 4.74 Å². The molecule has 2 aromatic rings. The van der Waals surface area contributed by atoms with Crippen LogP contribution in [0.1, 0.15) is 12.5 Å². The number of carbonyl (C=O) groups excluding carboxylic acids is 1. The van der Waals surface area contributed by atoms with Gasteiger partial charge in [-0.3, -0.25) is 9.10 Å². The van der Waals surface area contributed by atoms with E-state index < -0.39 is 10.0 Å². The number of carbonyl (C=O) groups is 1. The number of anilines is 2. The lowest BCUT2D eigenvalue weighted by Gasteiger charge is -2.20. The Morgan fingerprint density at radius 1 is 1.12 bits per heavy atom. The quantitative estimate of drug-likeness (QED) is 0.901. The van der Waals surface area contributed by atoms with E-state index in [1.165, 1.54) is 24.3 Å². The summed E-state index contributed by atoms with van der Waals surface area (Å²) in [6.07, 6.45) is 0. The molecule has 0 aromatic heterocycles. The zero-order valence-electron chi connectivity index (χ0n) is 14.0. The number of aryl methyl sites for hydroxylation is 1. The van der Waals surface area contributed by atoms with Crippen LogP contribution in [0.15, 0.2) is 47.4 Å². The first-order valence-electron chi connectivity index (χ1n) is 7.27. The minimum Gasteiger partial charge on any atom is -0.496 e. The summed E-state index contributed by atoms with van der Waals surface area (Å²) < 4.78 is 31.9. The van der Waals surface area contributed by atoms with E-state index in [-0.39, 0.29) is 10.8 Å². The Bertz CT molecular complexity index is 845. The molecule has 0 spiro atoms. The highest BCUT2D eigenvalue weighted by Crippen LogP contribution is 2.27. The van der Waals surface area contributed by atoms with Crippen molar-refractivity contribution in [3.63, 3.8) is 0 Å². The van der Waals surface area contributed by atoms with Crippen LogP contribution in [0.3, 0.4) is 0 Å². The second-order valence-corrected chi connectivity index (χ2v) is 7.30. The van der Waals surface area contributed by atoms with Gasteiger partial charge in [-0.2, -0.15) is 0 Å². The summed E-state index contributed by atoms with van der Waals surface area (Å²) >= 11 is 0. The summed E-state index contributed by atoms with van der Waals surface area (Å²) in [5, 5.41) is 2.64. The molecule has 128 valence electrons. The predicted octanol–water partition coefficient (Wildman–Crippen LogP) is 2.79. The van der Waals surface area contributed by atoms with Gasteiger partial charge in [-0.1, -0.05) is 0 Å². The third-order valence-corrected chi connectivity index (χ3v) is 5.36. The molecule has 0 heterocycles. The maximum absolute atomic E-state index is 12.8. The molecule has 1 amide bonds. The summed E-state index contributed by atoms with van der Waals surface area (Å²) in [6, 6.07) is 11.3. The molecule has 0 saturated heterocycles. The van der Waals surface area contributed by atoms with Crippen molar-refractivity contribution in [3.8, 4) is 5.75 Å². The van der Waals surface area contributed by atoms with Gasteiger partial charge >= 0.3 is 0 Å². The lowest BCUT2D eigenvalue weighted by Crippen LogP contribution is -2.26. The summed E-state index contributed by atoms with van der Waals surface area (Å²) in [5.41, 5.74) is 1.85. The maximum atomic E-state index is 12.8. The Balaban J connectivity index is 2.31. The molecule has 2 aromatic carbocycles. The fraction of sp³-hybridized carbons (Fsp3) is 0.235. The molecular formula is C17H20N2O4S. The molecular weight excluding hydrogens is 328 g/mol. The van der Waals surface area contributed by atoms with Gasteiger partial charge in [0.2, 0.25) is 5.91 Å². The van der Waals surface area contributed by atoms with Gasteiger partial charge in [0, 0.05) is 19.7 Å². The molecule has 0 aliphatic carbocycles. The van der Waals surface area contributed by atoms with Crippen molar-refractivity contribution in [2.24, 2.45) is 0 Å². The zero-order chi connectivity index (χ0) is 17.9. The van der Waals surface area contributed by atoms with Gasteiger partial charge in [-0.15, -0.1) is 0 Å². The fourth-order valence-electron chi connectivity index (χ4n) is 2.27. The normalized spacial score (nSPS) is 11.0. The van der Waals surface area contributed by atoms with Gasteiger partial charge in [-0.25, -0.2) is 8.42 Å². The number of methoxy groups -OCH3 is 1. The Kier molecular flexibility index (Phi) is 5.14. The molecule has 7 heteroatoms. The number of nitrogens with one attached hydrogen (secondary N) is 1. The van der Waals surface area contributed by atoms with Gasteiger partial charge in [0.15, 0.2) is 0 Å². The van der Waals surface area contributed by atoms with Crippen LogP contribution >= 0.6 is 0 Å². The van der Waals surface area contributed by atoms with Crippen LogP contribution in [-0.4, -0.2) is 28.5 Å². The minimum absolute atomic E-state index is 0.183. The molecule has 0 radical (unpaired) electrons. The van der Waals surface area contributed by atoms with Crippen molar-refractivity contribution in [2.45, 2.75) is 18.7 Å². The maximum Gasteiger partial charge on any atom is 0.264 e. The molecule has 0 atom stereocenters. The first-order valence-corrected chi connectivity index (χ1v) is 8.71.